The molecule has 0 heterocycles. The smallest absolute Gasteiger partial charge is 0.407 e. The van der Waals surface area contributed by atoms with Crippen molar-refractivity contribution in [1.29, 1.82) is 0 Å². The van der Waals surface area contributed by atoms with Gasteiger partial charge in [0.1, 0.15) is 5.60 Å². The summed E-state index contributed by atoms with van der Waals surface area (Å²) < 4.78 is 5.10. The van der Waals surface area contributed by atoms with E-state index in [-0.39, 0.29) is 30.2 Å². The van der Waals surface area contributed by atoms with E-state index in [9.17, 15) is 14.4 Å². The van der Waals surface area contributed by atoms with Gasteiger partial charge >= 0.3 is 6.09 Å². The SMILES string of the molecule is CC(C)(C)/C=C/C(=O)Nc1ccc(CNC(=O)CCNC(=O)OC(C)(C)C)cc1. The average Bonchev–Trinajstić information content (AvgIpc) is 2.57. The average molecular weight is 404 g/mol. The molecule has 0 spiro atoms. The number of nitrogens with one attached hydrogen (secondary N) is 3. The van der Waals surface area contributed by atoms with Crippen LogP contribution in [0.2, 0.25) is 0 Å². The summed E-state index contributed by atoms with van der Waals surface area (Å²) in [5.41, 5.74) is 0.967. The van der Waals surface area contributed by atoms with Crippen LogP contribution in [0.1, 0.15) is 53.5 Å². The summed E-state index contributed by atoms with van der Waals surface area (Å²) in [6.45, 7) is 12.0. The molecule has 0 aliphatic heterocycles. The summed E-state index contributed by atoms with van der Waals surface area (Å²) >= 11 is 0. The van der Waals surface area contributed by atoms with Gasteiger partial charge in [0.25, 0.3) is 0 Å². The van der Waals surface area contributed by atoms with Gasteiger partial charge in [0.05, 0.1) is 0 Å². The predicted octanol–water partition coefficient (Wildman–Crippen LogP) is 3.76. The van der Waals surface area contributed by atoms with E-state index in [1.807, 2.05) is 39.0 Å². The summed E-state index contributed by atoms with van der Waals surface area (Å²) in [6, 6.07) is 7.24. The standard InChI is InChI=1S/C22H33N3O4/c1-21(2,3)13-11-19(27)25-17-9-7-16(8-10-17)15-24-18(26)12-14-23-20(28)29-22(4,5)6/h7-11,13H,12,14-15H2,1-6H3,(H,23,28)(H,24,26)(H,25,27)/b13-11+. The molecule has 1 aromatic carbocycles. The van der Waals surface area contributed by atoms with Crippen LogP contribution >= 0.6 is 0 Å². The second kappa shape index (κ2) is 10.6. The molecule has 0 radical (unpaired) electrons. The van der Waals surface area contributed by atoms with Crippen molar-refractivity contribution < 1.29 is 19.1 Å². The highest BCUT2D eigenvalue weighted by Gasteiger charge is 2.15. The van der Waals surface area contributed by atoms with Crippen LogP contribution in [0.3, 0.4) is 0 Å². The number of anilines is 1. The normalized spacial score (nSPS) is 11.8. The van der Waals surface area contributed by atoms with Crippen LogP contribution in [-0.4, -0.2) is 30.1 Å². The fraction of sp³-hybridized carbons (Fsp3) is 0.500. The van der Waals surface area contributed by atoms with E-state index in [1.54, 1.807) is 32.9 Å². The number of ether oxygens (including phenoxy) is 1. The van der Waals surface area contributed by atoms with Crippen molar-refractivity contribution in [3.8, 4) is 0 Å². The number of hydrogen-bond acceptors (Lipinski definition) is 4. The predicted molar refractivity (Wildman–Crippen MR) is 114 cm³/mol. The molecular weight excluding hydrogens is 370 g/mol. The molecule has 0 fully saturated rings. The van der Waals surface area contributed by atoms with Crippen LogP contribution in [0.5, 0.6) is 0 Å². The number of alkyl carbamates (subject to hydrolysis) is 1. The lowest BCUT2D eigenvalue weighted by Gasteiger charge is -2.19. The molecule has 160 valence electrons. The summed E-state index contributed by atoms with van der Waals surface area (Å²) in [7, 11) is 0. The van der Waals surface area contributed by atoms with Crippen molar-refractivity contribution in [2.24, 2.45) is 5.41 Å². The molecule has 3 amide bonds. The molecule has 7 heteroatoms. The van der Waals surface area contributed by atoms with Crippen LogP contribution in [0, 0.1) is 5.41 Å². The molecule has 0 aromatic heterocycles. The fourth-order valence-corrected chi connectivity index (χ4v) is 2.10. The van der Waals surface area contributed by atoms with Crippen LogP contribution in [0.25, 0.3) is 0 Å². The minimum absolute atomic E-state index is 0.0537. The van der Waals surface area contributed by atoms with Gasteiger partial charge in [0.15, 0.2) is 0 Å². The topological polar surface area (TPSA) is 96.5 Å². The molecule has 29 heavy (non-hydrogen) atoms. The number of amides is 3. The first-order chi connectivity index (χ1) is 13.3. The number of rotatable bonds is 7. The Bertz CT molecular complexity index is 726. The van der Waals surface area contributed by atoms with Gasteiger partial charge in [0.2, 0.25) is 11.8 Å². The number of hydrogen-bond donors (Lipinski definition) is 3. The summed E-state index contributed by atoms with van der Waals surface area (Å²) in [4.78, 5) is 35.3. The fourth-order valence-electron chi connectivity index (χ4n) is 2.10. The molecule has 0 bridgehead atoms. The van der Waals surface area contributed by atoms with Gasteiger partial charge in [0, 0.05) is 25.2 Å². The number of allylic oxidation sites excluding steroid dienone is 1. The maximum atomic E-state index is 11.9. The Labute approximate surface area is 173 Å². The maximum absolute atomic E-state index is 11.9. The maximum Gasteiger partial charge on any atom is 0.407 e. The van der Waals surface area contributed by atoms with E-state index in [4.69, 9.17) is 4.74 Å². The van der Waals surface area contributed by atoms with Crippen molar-refractivity contribution in [3.05, 3.63) is 42.0 Å². The van der Waals surface area contributed by atoms with Gasteiger partial charge < -0.3 is 20.7 Å². The highest BCUT2D eigenvalue weighted by Crippen LogP contribution is 2.15. The van der Waals surface area contributed by atoms with Gasteiger partial charge in [-0.25, -0.2) is 4.79 Å². The van der Waals surface area contributed by atoms with Crippen molar-refractivity contribution in [2.45, 2.75) is 60.1 Å². The third-order valence-corrected chi connectivity index (χ3v) is 3.47. The lowest BCUT2D eigenvalue weighted by molar-refractivity contribution is -0.121. The van der Waals surface area contributed by atoms with Gasteiger partial charge in [-0.15, -0.1) is 0 Å². The summed E-state index contributed by atoms with van der Waals surface area (Å²) in [5, 5.41) is 8.13. The molecule has 0 saturated heterocycles. The summed E-state index contributed by atoms with van der Waals surface area (Å²) in [6.07, 6.45) is 3.00. The highest BCUT2D eigenvalue weighted by molar-refractivity contribution is 5.99. The van der Waals surface area contributed by atoms with Crippen LogP contribution in [0.4, 0.5) is 10.5 Å². The zero-order valence-electron chi connectivity index (χ0n) is 18.2. The van der Waals surface area contributed by atoms with Crippen molar-refractivity contribution in [2.75, 3.05) is 11.9 Å². The van der Waals surface area contributed by atoms with E-state index in [1.165, 1.54) is 6.08 Å². The molecular formula is C22H33N3O4. The zero-order valence-corrected chi connectivity index (χ0v) is 18.2. The first kappa shape index (κ1) is 24.2. The van der Waals surface area contributed by atoms with Crippen molar-refractivity contribution in [1.82, 2.24) is 10.6 Å². The van der Waals surface area contributed by atoms with Crippen LogP contribution in [-0.2, 0) is 20.9 Å². The Morgan fingerprint density at radius 3 is 2.14 bits per heavy atom. The minimum Gasteiger partial charge on any atom is -0.444 e. The molecule has 0 atom stereocenters. The largest absolute Gasteiger partial charge is 0.444 e. The Morgan fingerprint density at radius 1 is 0.966 bits per heavy atom. The molecule has 0 aliphatic rings. The molecule has 0 unspecified atom stereocenters. The third-order valence-electron chi connectivity index (χ3n) is 3.47. The minimum atomic E-state index is -0.569. The lowest BCUT2D eigenvalue weighted by Crippen LogP contribution is -2.35. The van der Waals surface area contributed by atoms with E-state index < -0.39 is 11.7 Å². The van der Waals surface area contributed by atoms with Crippen molar-refractivity contribution in [3.63, 3.8) is 0 Å². The molecule has 3 N–H and O–H groups in total. The zero-order chi connectivity index (χ0) is 22.1. The Morgan fingerprint density at radius 2 is 1.59 bits per heavy atom. The number of benzene rings is 1. The van der Waals surface area contributed by atoms with Crippen LogP contribution < -0.4 is 16.0 Å². The molecule has 7 nitrogen and oxygen atoms in total. The van der Waals surface area contributed by atoms with E-state index >= 15 is 0 Å². The first-order valence-electron chi connectivity index (χ1n) is 9.67. The van der Waals surface area contributed by atoms with Crippen molar-refractivity contribution >= 4 is 23.6 Å². The van der Waals surface area contributed by atoms with Gasteiger partial charge in [-0.05, 0) is 50.0 Å². The van der Waals surface area contributed by atoms with E-state index in [2.05, 4.69) is 16.0 Å². The number of carbonyl (C=O) groups excluding carboxylic acids is 3. The quantitative estimate of drug-likeness (QED) is 0.604. The Kier molecular flexibility index (Phi) is 8.88. The molecule has 0 saturated carbocycles. The molecule has 0 aliphatic carbocycles. The summed E-state index contributed by atoms with van der Waals surface area (Å²) in [5.74, 6) is -0.357. The van der Waals surface area contributed by atoms with Gasteiger partial charge in [-0.1, -0.05) is 39.0 Å². The Hall–Kier alpha value is -2.83. The van der Waals surface area contributed by atoms with Crippen LogP contribution in [0.15, 0.2) is 36.4 Å². The molecule has 1 rings (SSSR count). The second-order valence-electron chi connectivity index (χ2n) is 8.84. The second-order valence-corrected chi connectivity index (χ2v) is 8.84. The molecule has 1 aromatic rings. The monoisotopic (exact) mass is 403 g/mol. The number of carbonyl (C=O) groups is 3. The Balaban J connectivity index is 2.35. The van der Waals surface area contributed by atoms with E-state index in [0.29, 0.717) is 12.2 Å². The first-order valence-corrected chi connectivity index (χ1v) is 9.67. The third kappa shape index (κ3) is 12.3. The lowest BCUT2D eigenvalue weighted by atomic mass is 9.96. The van der Waals surface area contributed by atoms with E-state index in [0.717, 1.165) is 5.56 Å². The van der Waals surface area contributed by atoms with Gasteiger partial charge in [-0.2, -0.15) is 0 Å². The highest BCUT2D eigenvalue weighted by atomic mass is 16.6. The van der Waals surface area contributed by atoms with Gasteiger partial charge in [-0.3, -0.25) is 9.59 Å².